The van der Waals surface area contributed by atoms with Gasteiger partial charge >= 0.3 is 0 Å². The molecule has 1 aliphatic heterocycles. The van der Waals surface area contributed by atoms with Crippen LogP contribution in [0.4, 0.5) is 0 Å². The molecule has 1 aromatic heterocycles. The Bertz CT molecular complexity index is 416. The van der Waals surface area contributed by atoms with Crippen molar-refractivity contribution in [2.75, 3.05) is 33.5 Å². The Hall–Kier alpha value is -0.760. The van der Waals surface area contributed by atoms with Crippen LogP contribution < -0.4 is 5.32 Å². The molecular weight excluding hydrogens is 302 g/mol. The van der Waals surface area contributed by atoms with Crippen LogP contribution in [0, 0.1) is 0 Å². The van der Waals surface area contributed by atoms with Crippen LogP contribution in [-0.2, 0) is 16.0 Å². The van der Waals surface area contributed by atoms with Crippen LogP contribution in [0.5, 0.6) is 0 Å². The second kappa shape index (κ2) is 6.42. The standard InChI is InChI=1S/C11H16BrN3O3/c1-17-5-3-15-10(8(12)6-14-15)11(16)9-7-18-4-2-13-9/h6,9,13H,2-5,7H2,1H3. The molecule has 0 aromatic carbocycles. The van der Waals surface area contributed by atoms with E-state index in [4.69, 9.17) is 9.47 Å². The van der Waals surface area contributed by atoms with E-state index in [9.17, 15) is 4.79 Å². The van der Waals surface area contributed by atoms with Gasteiger partial charge in [0.2, 0.25) is 5.78 Å². The van der Waals surface area contributed by atoms with Crippen molar-refractivity contribution in [3.05, 3.63) is 16.4 Å². The van der Waals surface area contributed by atoms with Gasteiger partial charge in [0, 0.05) is 13.7 Å². The number of carbonyl (C=O) groups excluding carboxylic acids is 1. The van der Waals surface area contributed by atoms with E-state index in [2.05, 4.69) is 26.3 Å². The molecule has 2 heterocycles. The van der Waals surface area contributed by atoms with Crippen molar-refractivity contribution < 1.29 is 14.3 Å². The molecule has 18 heavy (non-hydrogen) atoms. The molecule has 1 aromatic rings. The van der Waals surface area contributed by atoms with Gasteiger partial charge in [0.25, 0.3) is 0 Å². The van der Waals surface area contributed by atoms with Gasteiger partial charge in [-0.1, -0.05) is 0 Å². The third-order valence-electron chi connectivity index (χ3n) is 2.77. The highest BCUT2D eigenvalue weighted by Gasteiger charge is 2.27. The first-order chi connectivity index (χ1) is 8.74. The van der Waals surface area contributed by atoms with Gasteiger partial charge in [-0.05, 0) is 15.9 Å². The Morgan fingerprint density at radius 3 is 3.28 bits per heavy atom. The second-order valence-electron chi connectivity index (χ2n) is 4.00. The molecule has 1 atom stereocenters. The number of hydrogen-bond acceptors (Lipinski definition) is 5. The lowest BCUT2D eigenvalue weighted by Gasteiger charge is -2.23. The highest BCUT2D eigenvalue weighted by molar-refractivity contribution is 9.10. The quantitative estimate of drug-likeness (QED) is 0.799. The average Bonchev–Trinajstić information content (AvgIpc) is 2.77. The van der Waals surface area contributed by atoms with E-state index in [0.29, 0.717) is 43.1 Å². The number of halogens is 1. The fraction of sp³-hybridized carbons (Fsp3) is 0.636. The van der Waals surface area contributed by atoms with E-state index in [1.165, 1.54) is 0 Å². The van der Waals surface area contributed by atoms with E-state index in [1.54, 1.807) is 18.0 Å². The number of ketones is 1. The average molecular weight is 318 g/mol. The third-order valence-corrected chi connectivity index (χ3v) is 3.35. The van der Waals surface area contributed by atoms with Crippen molar-refractivity contribution in [3.63, 3.8) is 0 Å². The maximum Gasteiger partial charge on any atom is 0.201 e. The largest absolute Gasteiger partial charge is 0.383 e. The predicted octanol–water partition coefficient (Wildman–Crippen LogP) is 0.463. The van der Waals surface area contributed by atoms with Crippen molar-refractivity contribution in [3.8, 4) is 0 Å². The molecule has 0 amide bonds. The normalized spacial score (nSPS) is 20.0. The number of nitrogens with one attached hydrogen (secondary N) is 1. The Morgan fingerprint density at radius 2 is 2.61 bits per heavy atom. The summed E-state index contributed by atoms with van der Waals surface area (Å²) in [6, 6.07) is -0.298. The molecule has 1 fully saturated rings. The zero-order valence-electron chi connectivity index (χ0n) is 10.2. The van der Waals surface area contributed by atoms with Gasteiger partial charge in [0.15, 0.2) is 0 Å². The van der Waals surface area contributed by atoms with E-state index < -0.39 is 0 Å². The number of hydrogen-bond donors (Lipinski definition) is 1. The smallest absolute Gasteiger partial charge is 0.201 e. The van der Waals surface area contributed by atoms with Gasteiger partial charge in [-0.2, -0.15) is 5.10 Å². The molecule has 1 saturated heterocycles. The minimum atomic E-state index is -0.298. The van der Waals surface area contributed by atoms with Gasteiger partial charge in [-0.3, -0.25) is 9.48 Å². The lowest BCUT2D eigenvalue weighted by atomic mass is 10.1. The molecule has 0 saturated carbocycles. The van der Waals surface area contributed by atoms with Crippen LogP contribution in [0.3, 0.4) is 0 Å². The van der Waals surface area contributed by atoms with Crippen LogP contribution in [0.15, 0.2) is 10.7 Å². The summed E-state index contributed by atoms with van der Waals surface area (Å²) in [5.41, 5.74) is 0.565. The Labute approximate surface area is 114 Å². The summed E-state index contributed by atoms with van der Waals surface area (Å²) < 4.78 is 12.7. The molecule has 6 nitrogen and oxygen atoms in total. The fourth-order valence-electron chi connectivity index (χ4n) is 1.85. The zero-order valence-corrected chi connectivity index (χ0v) is 11.8. The van der Waals surface area contributed by atoms with Crippen LogP contribution in [-0.4, -0.2) is 55.1 Å². The van der Waals surface area contributed by atoms with E-state index in [-0.39, 0.29) is 11.8 Å². The molecule has 0 aliphatic carbocycles. The zero-order chi connectivity index (χ0) is 13.0. The summed E-state index contributed by atoms with van der Waals surface area (Å²) in [4.78, 5) is 12.4. The van der Waals surface area contributed by atoms with Crippen LogP contribution in [0.1, 0.15) is 10.5 Å². The molecular formula is C11H16BrN3O3. The lowest BCUT2D eigenvalue weighted by molar-refractivity contribution is 0.0598. The van der Waals surface area contributed by atoms with Crippen molar-refractivity contribution in [1.82, 2.24) is 15.1 Å². The number of Topliss-reactive ketones (excluding diaryl/α,β-unsaturated/α-hetero) is 1. The van der Waals surface area contributed by atoms with Gasteiger partial charge in [-0.15, -0.1) is 0 Å². The number of methoxy groups -OCH3 is 1. The Morgan fingerprint density at radius 1 is 1.78 bits per heavy atom. The fourth-order valence-corrected chi connectivity index (χ4v) is 2.35. The number of ether oxygens (including phenoxy) is 2. The summed E-state index contributed by atoms with van der Waals surface area (Å²) in [7, 11) is 1.62. The van der Waals surface area contributed by atoms with Crippen LogP contribution >= 0.6 is 15.9 Å². The number of carbonyl (C=O) groups is 1. The van der Waals surface area contributed by atoms with Crippen molar-refractivity contribution in [2.24, 2.45) is 0 Å². The number of nitrogens with zero attached hydrogens (tertiary/aromatic N) is 2. The maximum atomic E-state index is 12.4. The van der Waals surface area contributed by atoms with Crippen LogP contribution in [0.2, 0.25) is 0 Å². The SMILES string of the molecule is COCCn1ncc(Br)c1C(=O)C1COCCN1. The second-order valence-corrected chi connectivity index (χ2v) is 4.86. The van der Waals surface area contributed by atoms with Gasteiger partial charge in [-0.25, -0.2) is 0 Å². The van der Waals surface area contributed by atoms with Crippen molar-refractivity contribution >= 4 is 21.7 Å². The monoisotopic (exact) mass is 317 g/mol. The minimum absolute atomic E-state index is 0.00446. The summed E-state index contributed by atoms with van der Waals surface area (Å²) in [6.45, 7) is 2.81. The van der Waals surface area contributed by atoms with Gasteiger partial charge in [0.1, 0.15) is 5.69 Å². The molecule has 0 spiro atoms. The van der Waals surface area contributed by atoms with Crippen molar-refractivity contribution in [2.45, 2.75) is 12.6 Å². The highest BCUT2D eigenvalue weighted by Crippen LogP contribution is 2.18. The Balaban J connectivity index is 2.14. The number of morpholine rings is 1. The first-order valence-corrected chi connectivity index (χ1v) is 6.59. The topological polar surface area (TPSA) is 65.4 Å². The molecule has 7 heteroatoms. The van der Waals surface area contributed by atoms with Crippen LogP contribution in [0.25, 0.3) is 0 Å². The predicted molar refractivity (Wildman–Crippen MR) is 68.7 cm³/mol. The number of aromatic nitrogens is 2. The highest BCUT2D eigenvalue weighted by atomic mass is 79.9. The van der Waals surface area contributed by atoms with E-state index in [0.717, 1.165) is 0 Å². The first kappa shape index (κ1) is 13.7. The molecule has 1 N–H and O–H groups in total. The molecule has 100 valence electrons. The third kappa shape index (κ3) is 2.97. The van der Waals surface area contributed by atoms with Gasteiger partial charge < -0.3 is 14.8 Å². The van der Waals surface area contributed by atoms with Gasteiger partial charge in [0.05, 0.1) is 43.1 Å². The Kier molecular flexibility index (Phi) is 4.87. The minimum Gasteiger partial charge on any atom is -0.383 e. The lowest BCUT2D eigenvalue weighted by Crippen LogP contribution is -2.47. The maximum absolute atomic E-state index is 12.4. The van der Waals surface area contributed by atoms with Crippen molar-refractivity contribution in [1.29, 1.82) is 0 Å². The molecule has 2 rings (SSSR count). The summed E-state index contributed by atoms with van der Waals surface area (Å²) in [5, 5.41) is 7.32. The first-order valence-electron chi connectivity index (χ1n) is 5.79. The van der Waals surface area contributed by atoms with E-state index in [1.807, 2.05) is 0 Å². The molecule has 0 radical (unpaired) electrons. The molecule has 1 aliphatic rings. The molecule has 1 unspecified atom stereocenters. The summed E-state index contributed by atoms with van der Waals surface area (Å²) in [5.74, 6) is -0.00446. The summed E-state index contributed by atoms with van der Waals surface area (Å²) in [6.07, 6.45) is 1.63. The molecule has 0 bridgehead atoms. The van der Waals surface area contributed by atoms with E-state index >= 15 is 0 Å². The summed E-state index contributed by atoms with van der Waals surface area (Å²) >= 11 is 3.36. The number of rotatable bonds is 5.